The molecule has 2 N–H and O–H groups in total. The van der Waals surface area contributed by atoms with E-state index in [4.69, 9.17) is 18.9 Å². The zero-order valence-corrected chi connectivity index (χ0v) is 34.7. The highest BCUT2D eigenvalue weighted by Gasteiger charge is 2.45. The molecular formula is C42H76N2O8. The van der Waals surface area contributed by atoms with Gasteiger partial charge in [-0.05, 0) is 68.2 Å². The van der Waals surface area contributed by atoms with Crippen molar-refractivity contribution < 1.29 is 38.1 Å². The number of piperidine rings is 2. The Labute approximate surface area is 316 Å². The summed E-state index contributed by atoms with van der Waals surface area (Å²) >= 11 is 0. The monoisotopic (exact) mass is 737 g/mol. The van der Waals surface area contributed by atoms with Crippen LogP contribution in [0, 0.1) is 11.8 Å². The first-order valence-electron chi connectivity index (χ1n) is 20.6. The van der Waals surface area contributed by atoms with Crippen LogP contribution in [0.4, 0.5) is 0 Å². The van der Waals surface area contributed by atoms with E-state index in [2.05, 4.69) is 79.9 Å². The van der Waals surface area contributed by atoms with E-state index in [-0.39, 0.29) is 47.9 Å². The summed E-state index contributed by atoms with van der Waals surface area (Å²) in [5.41, 5.74) is -1.12. The molecule has 0 bridgehead atoms. The van der Waals surface area contributed by atoms with E-state index >= 15 is 0 Å². The van der Waals surface area contributed by atoms with Crippen LogP contribution in [-0.4, -0.2) is 71.5 Å². The average Bonchev–Trinajstić information content (AvgIpc) is 2.98. The lowest BCUT2D eigenvalue weighted by atomic mass is 9.80. The van der Waals surface area contributed by atoms with Crippen LogP contribution in [0.15, 0.2) is 0 Å². The molecule has 2 unspecified atom stereocenters. The first kappa shape index (κ1) is 46.0. The van der Waals surface area contributed by atoms with Crippen molar-refractivity contribution in [2.24, 2.45) is 11.8 Å². The zero-order chi connectivity index (χ0) is 39.0. The second-order valence-electron chi connectivity index (χ2n) is 18.3. The minimum absolute atomic E-state index is 0.177. The van der Waals surface area contributed by atoms with Crippen molar-refractivity contribution in [1.29, 1.82) is 0 Å². The van der Waals surface area contributed by atoms with Crippen LogP contribution < -0.4 is 10.6 Å². The van der Waals surface area contributed by atoms with Gasteiger partial charge in [-0.3, -0.25) is 19.2 Å². The van der Waals surface area contributed by atoms with Crippen LogP contribution >= 0.6 is 0 Å². The summed E-state index contributed by atoms with van der Waals surface area (Å²) in [6.07, 6.45) is 13.1. The molecule has 0 amide bonds. The Bertz CT molecular complexity index is 1090. The average molecular weight is 737 g/mol. The first-order chi connectivity index (χ1) is 24.3. The molecule has 0 radical (unpaired) electrons. The van der Waals surface area contributed by atoms with Crippen LogP contribution in [0.2, 0.25) is 0 Å². The molecule has 2 aliphatic rings. The van der Waals surface area contributed by atoms with Gasteiger partial charge in [-0.25, -0.2) is 0 Å². The van der Waals surface area contributed by atoms with Crippen LogP contribution in [0.3, 0.4) is 0 Å². The number of carbonyl (C=O) groups is 4. The van der Waals surface area contributed by atoms with Gasteiger partial charge >= 0.3 is 23.9 Å². The lowest BCUT2D eigenvalue weighted by molar-refractivity contribution is -0.173. The van der Waals surface area contributed by atoms with Crippen LogP contribution in [0.1, 0.15) is 185 Å². The Kier molecular flexibility index (Phi) is 19.1. The largest absolute Gasteiger partial charge is 0.466 e. The molecule has 52 heavy (non-hydrogen) atoms. The molecule has 10 nitrogen and oxygen atoms in total. The Morgan fingerprint density at radius 3 is 1.33 bits per heavy atom. The number of hydrogen-bond acceptors (Lipinski definition) is 10. The molecule has 0 aromatic heterocycles. The van der Waals surface area contributed by atoms with E-state index in [1.807, 2.05) is 0 Å². The molecule has 2 aliphatic heterocycles. The van der Waals surface area contributed by atoms with E-state index in [0.717, 1.165) is 57.8 Å². The maximum atomic E-state index is 14.2. The van der Waals surface area contributed by atoms with Crippen molar-refractivity contribution >= 4 is 23.9 Å². The second kappa shape index (κ2) is 21.6. The minimum Gasteiger partial charge on any atom is -0.466 e. The molecule has 0 spiro atoms. The van der Waals surface area contributed by atoms with Crippen molar-refractivity contribution in [2.75, 3.05) is 13.2 Å². The van der Waals surface area contributed by atoms with Gasteiger partial charge in [0.2, 0.25) is 0 Å². The summed E-state index contributed by atoms with van der Waals surface area (Å²) in [5.74, 6) is -5.08. The van der Waals surface area contributed by atoms with Gasteiger partial charge in [0.15, 0.2) is 0 Å². The van der Waals surface area contributed by atoms with E-state index in [0.29, 0.717) is 32.1 Å². The number of hydrogen-bond donors (Lipinski definition) is 2. The summed E-state index contributed by atoms with van der Waals surface area (Å²) in [4.78, 5) is 55.1. The van der Waals surface area contributed by atoms with Crippen LogP contribution in [0.25, 0.3) is 0 Å². The van der Waals surface area contributed by atoms with Crippen molar-refractivity contribution in [3.8, 4) is 0 Å². The maximum Gasteiger partial charge on any atom is 0.310 e. The molecule has 2 rings (SSSR count). The fourth-order valence-corrected chi connectivity index (χ4v) is 8.54. The molecule has 302 valence electrons. The van der Waals surface area contributed by atoms with E-state index < -0.39 is 48.2 Å². The topological polar surface area (TPSA) is 129 Å². The van der Waals surface area contributed by atoms with Crippen molar-refractivity contribution in [3.05, 3.63) is 0 Å². The number of rotatable bonds is 23. The third-order valence-electron chi connectivity index (χ3n) is 10.3. The van der Waals surface area contributed by atoms with Gasteiger partial charge in [0.05, 0.1) is 37.9 Å². The highest BCUT2D eigenvalue weighted by molar-refractivity contribution is 5.88. The zero-order valence-electron chi connectivity index (χ0n) is 34.7. The highest BCUT2D eigenvalue weighted by atomic mass is 16.6. The fourth-order valence-electron chi connectivity index (χ4n) is 8.54. The molecule has 0 saturated carbocycles. The third kappa shape index (κ3) is 18.2. The Balaban J connectivity index is 2.30. The van der Waals surface area contributed by atoms with Gasteiger partial charge in [-0.1, -0.05) is 78.1 Å². The van der Waals surface area contributed by atoms with Gasteiger partial charge in [-0.15, -0.1) is 0 Å². The van der Waals surface area contributed by atoms with Gasteiger partial charge in [0, 0.05) is 47.8 Å². The Hall–Kier alpha value is -2.20. The van der Waals surface area contributed by atoms with Crippen LogP contribution in [-0.2, 0) is 38.1 Å². The predicted molar refractivity (Wildman–Crippen MR) is 206 cm³/mol. The third-order valence-corrected chi connectivity index (χ3v) is 10.3. The normalized spacial score (nSPS) is 20.7. The Morgan fingerprint density at radius 2 is 0.865 bits per heavy atom. The minimum atomic E-state index is -1.27. The Morgan fingerprint density at radius 1 is 0.500 bits per heavy atom. The summed E-state index contributed by atoms with van der Waals surface area (Å²) in [6, 6.07) is 0. The summed E-state index contributed by atoms with van der Waals surface area (Å²) in [5, 5.41) is 7.20. The molecule has 0 aromatic carbocycles. The first-order valence-corrected chi connectivity index (χ1v) is 20.6. The van der Waals surface area contributed by atoms with E-state index in [9.17, 15) is 19.2 Å². The standard InChI is InChI=1S/C42H76N2O8/c1-11-13-15-17-19-21-23-49-35(45)25-33(37(47)50-24-22-20-18-16-14-12-2)34(38(48)52-32-29-41(7,8)44-42(9,10)30-32)26-36(46)51-31-27-39(3,4)43-40(5,6)28-31/h31-34,43-44H,11-30H2,1-10H3. The fraction of sp³-hybridized carbons (Fsp3) is 0.905. The summed E-state index contributed by atoms with van der Waals surface area (Å²) < 4.78 is 23.5. The van der Waals surface area contributed by atoms with Crippen molar-refractivity contribution in [3.63, 3.8) is 0 Å². The van der Waals surface area contributed by atoms with Crippen LogP contribution in [0.5, 0.6) is 0 Å². The number of esters is 4. The van der Waals surface area contributed by atoms with Gasteiger partial charge in [0.1, 0.15) is 12.2 Å². The summed E-state index contributed by atoms with van der Waals surface area (Å²) in [7, 11) is 0. The molecule has 2 atom stereocenters. The smallest absolute Gasteiger partial charge is 0.310 e. The van der Waals surface area contributed by atoms with E-state index in [1.165, 1.54) is 12.8 Å². The molecule has 2 heterocycles. The SMILES string of the molecule is CCCCCCCCOC(=O)CC(C(=O)OCCCCCCCC)C(CC(=O)OC1CC(C)(C)NC(C)(C)C1)C(=O)OC1CC(C)(C)NC(C)(C)C1. The van der Waals surface area contributed by atoms with E-state index in [1.54, 1.807) is 0 Å². The van der Waals surface area contributed by atoms with Crippen molar-refractivity contribution in [1.82, 2.24) is 10.6 Å². The number of unbranched alkanes of at least 4 members (excludes halogenated alkanes) is 10. The number of carbonyl (C=O) groups excluding carboxylic acids is 4. The lowest BCUT2D eigenvalue weighted by Crippen LogP contribution is -2.60. The number of nitrogens with one attached hydrogen (secondary N) is 2. The molecule has 2 fully saturated rings. The highest BCUT2D eigenvalue weighted by Crippen LogP contribution is 2.34. The van der Waals surface area contributed by atoms with Gasteiger partial charge in [0.25, 0.3) is 0 Å². The summed E-state index contributed by atoms with van der Waals surface area (Å²) in [6.45, 7) is 21.3. The molecule has 2 saturated heterocycles. The van der Waals surface area contributed by atoms with Gasteiger partial charge < -0.3 is 29.6 Å². The molecule has 0 aromatic rings. The lowest BCUT2D eigenvalue weighted by Gasteiger charge is -2.46. The quantitative estimate of drug-likeness (QED) is 0.0599. The van der Waals surface area contributed by atoms with Crippen molar-refractivity contribution in [2.45, 2.75) is 219 Å². The maximum absolute atomic E-state index is 14.2. The molecule has 10 heteroatoms. The molecule has 0 aliphatic carbocycles. The predicted octanol–water partition coefficient (Wildman–Crippen LogP) is 8.51. The molecular weight excluding hydrogens is 660 g/mol. The van der Waals surface area contributed by atoms with Gasteiger partial charge in [-0.2, -0.15) is 0 Å². The number of ether oxygens (including phenoxy) is 4. The second-order valence-corrected chi connectivity index (χ2v) is 18.3.